The van der Waals surface area contributed by atoms with Crippen LogP contribution in [0.25, 0.3) is 0 Å². The van der Waals surface area contributed by atoms with E-state index in [1.54, 1.807) is 44.2 Å². The van der Waals surface area contributed by atoms with Crippen molar-refractivity contribution in [2.45, 2.75) is 31.8 Å². The van der Waals surface area contributed by atoms with E-state index in [4.69, 9.17) is 0 Å². The van der Waals surface area contributed by atoms with Gasteiger partial charge in [-0.25, -0.2) is 9.69 Å². The number of benzene rings is 2. The Kier molecular flexibility index (Phi) is 5.68. The lowest BCUT2D eigenvalue weighted by Gasteiger charge is -2.36. The minimum absolute atomic E-state index is 0.0625. The number of imide groups is 1. The van der Waals surface area contributed by atoms with Gasteiger partial charge in [0.2, 0.25) is 0 Å². The molecule has 2 aromatic carbocycles. The van der Waals surface area contributed by atoms with Crippen molar-refractivity contribution in [3.8, 4) is 11.5 Å². The van der Waals surface area contributed by atoms with Crippen molar-refractivity contribution in [3.05, 3.63) is 84.2 Å². The molecule has 176 valence electrons. The Balaban J connectivity index is 1.78. The third-order valence-electron chi connectivity index (χ3n) is 5.57. The van der Waals surface area contributed by atoms with E-state index in [0.29, 0.717) is 11.1 Å². The molecule has 1 fully saturated rings. The largest absolute Gasteiger partial charge is 0.573 e. The van der Waals surface area contributed by atoms with Gasteiger partial charge in [0.1, 0.15) is 17.0 Å². The number of ether oxygens (including phenoxy) is 1. The van der Waals surface area contributed by atoms with Crippen LogP contribution < -0.4 is 9.64 Å². The molecule has 10 heteroatoms. The van der Waals surface area contributed by atoms with Crippen LogP contribution in [-0.2, 0) is 4.79 Å². The van der Waals surface area contributed by atoms with Crippen molar-refractivity contribution >= 4 is 17.6 Å². The third-order valence-corrected chi connectivity index (χ3v) is 5.57. The van der Waals surface area contributed by atoms with Crippen LogP contribution in [-0.4, -0.2) is 38.8 Å². The first-order chi connectivity index (χ1) is 16.0. The smallest absolute Gasteiger partial charge is 0.508 e. The van der Waals surface area contributed by atoms with Crippen LogP contribution in [0.2, 0.25) is 0 Å². The lowest BCUT2D eigenvalue weighted by Crippen LogP contribution is -2.46. The normalized spacial score (nSPS) is 16.6. The van der Waals surface area contributed by atoms with Crippen molar-refractivity contribution in [1.29, 1.82) is 0 Å². The number of amides is 3. The minimum atomic E-state index is -4.87. The molecule has 1 saturated heterocycles. The molecule has 4 rings (SSSR count). The Hall–Kier alpha value is -4.08. The number of aromatic hydroxyl groups is 1. The molecule has 1 atom stereocenters. The lowest BCUT2D eigenvalue weighted by atomic mass is 9.92. The molecule has 0 saturated carbocycles. The molecule has 3 amide bonds. The van der Waals surface area contributed by atoms with Crippen LogP contribution in [0.3, 0.4) is 0 Å². The first-order valence-electron chi connectivity index (χ1n) is 10.2. The van der Waals surface area contributed by atoms with Crippen molar-refractivity contribution in [1.82, 2.24) is 9.88 Å². The number of para-hydroxylation sites is 1. The molecule has 0 bridgehead atoms. The fourth-order valence-electron chi connectivity index (χ4n) is 4.00. The number of carbonyl (C=O) groups excluding carboxylic acids is 2. The quantitative estimate of drug-likeness (QED) is 0.529. The van der Waals surface area contributed by atoms with Crippen LogP contribution in [0.15, 0.2) is 73.1 Å². The number of pyridine rings is 1. The zero-order chi connectivity index (χ0) is 24.7. The maximum atomic E-state index is 13.7. The van der Waals surface area contributed by atoms with Crippen molar-refractivity contribution in [2.75, 3.05) is 4.90 Å². The molecule has 1 aromatic heterocycles. The number of hydrogen-bond donors (Lipinski definition) is 1. The standard InChI is InChI=1S/C24H20F3N3O4/c1-23(2)21(32)29(16-7-9-17(10-8-16)34-24(25,26)27)22(33)30(23)20(15-11-13-28-14-12-15)18-5-3-4-6-19(18)31/h3-14,20,31H,1-2H3. The van der Waals surface area contributed by atoms with E-state index in [1.807, 2.05) is 0 Å². The van der Waals surface area contributed by atoms with Gasteiger partial charge < -0.3 is 9.84 Å². The summed E-state index contributed by atoms with van der Waals surface area (Å²) in [6.07, 6.45) is -1.79. The van der Waals surface area contributed by atoms with Gasteiger partial charge in [-0.2, -0.15) is 0 Å². The predicted molar refractivity (Wildman–Crippen MR) is 116 cm³/mol. The van der Waals surface area contributed by atoms with Crippen LogP contribution >= 0.6 is 0 Å². The molecular formula is C24H20F3N3O4. The van der Waals surface area contributed by atoms with E-state index in [9.17, 15) is 27.9 Å². The van der Waals surface area contributed by atoms with Crippen molar-refractivity contribution in [3.63, 3.8) is 0 Å². The number of carbonyl (C=O) groups is 2. The van der Waals surface area contributed by atoms with Crippen LogP contribution in [0.5, 0.6) is 11.5 Å². The van der Waals surface area contributed by atoms with Gasteiger partial charge in [-0.05, 0) is 61.9 Å². The molecule has 1 aliphatic rings. The number of hydrogen-bond acceptors (Lipinski definition) is 5. The number of rotatable bonds is 5. The van der Waals surface area contributed by atoms with E-state index in [1.165, 1.54) is 35.5 Å². The van der Waals surface area contributed by atoms with E-state index in [-0.39, 0.29) is 11.4 Å². The minimum Gasteiger partial charge on any atom is -0.508 e. The van der Waals surface area contributed by atoms with Crippen LogP contribution in [0.4, 0.5) is 23.7 Å². The average Bonchev–Trinajstić information content (AvgIpc) is 2.95. The summed E-state index contributed by atoms with van der Waals surface area (Å²) in [6.45, 7) is 3.14. The summed E-state index contributed by atoms with van der Waals surface area (Å²) >= 11 is 0. The second-order valence-electron chi connectivity index (χ2n) is 8.14. The van der Waals surface area contributed by atoms with Gasteiger partial charge in [0, 0.05) is 18.0 Å². The number of phenolic OH excluding ortho intramolecular Hbond substituents is 1. The highest BCUT2D eigenvalue weighted by molar-refractivity contribution is 6.23. The maximum Gasteiger partial charge on any atom is 0.573 e. The zero-order valence-corrected chi connectivity index (χ0v) is 18.2. The molecule has 0 spiro atoms. The van der Waals surface area contributed by atoms with Gasteiger partial charge in [0.15, 0.2) is 0 Å². The molecule has 3 aromatic rings. The Bertz CT molecular complexity index is 1210. The molecule has 34 heavy (non-hydrogen) atoms. The Morgan fingerprint density at radius 2 is 1.59 bits per heavy atom. The number of aromatic nitrogens is 1. The fraction of sp³-hybridized carbons (Fsp3) is 0.208. The van der Waals surface area contributed by atoms with Gasteiger partial charge in [0.25, 0.3) is 5.91 Å². The first kappa shape index (κ1) is 23.1. The number of anilines is 1. The monoisotopic (exact) mass is 471 g/mol. The van der Waals surface area contributed by atoms with Crippen molar-refractivity contribution < 1.29 is 32.6 Å². The average molecular weight is 471 g/mol. The van der Waals surface area contributed by atoms with Gasteiger partial charge in [-0.15, -0.1) is 13.2 Å². The number of nitrogens with zero attached hydrogens (tertiary/aromatic N) is 3. The van der Waals surface area contributed by atoms with E-state index in [0.717, 1.165) is 17.0 Å². The SMILES string of the molecule is CC1(C)C(=O)N(c2ccc(OC(F)(F)F)cc2)C(=O)N1C(c1ccncc1)c1ccccc1O. The van der Waals surface area contributed by atoms with E-state index in [2.05, 4.69) is 9.72 Å². The van der Waals surface area contributed by atoms with Gasteiger partial charge >= 0.3 is 12.4 Å². The zero-order valence-electron chi connectivity index (χ0n) is 18.2. The van der Waals surface area contributed by atoms with E-state index < -0.39 is 35.6 Å². The summed E-state index contributed by atoms with van der Waals surface area (Å²) < 4.78 is 41.3. The second-order valence-corrected chi connectivity index (χ2v) is 8.14. The predicted octanol–water partition coefficient (Wildman–Crippen LogP) is 5.02. The molecule has 0 aliphatic carbocycles. The Morgan fingerprint density at radius 1 is 0.971 bits per heavy atom. The summed E-state index contributed by atoms with van der Waals surface area (Å²) in [6, 6.07) is 12.8. The second kappa shape index (κ2) is 8.36. The maximum absolute atomic E-state index is 13.7. The summed E-state index contributed by atoms with van der Waals surface area (Å²) in [4.78, 5) is 33.3. The molecular weight excluding hydrogens is 451 g/mol. The highest BCUT2D eigenvalue weighted by Gasteiger charge is 2.55. The number of urea groups is 1. The molecule has 0 radical (unpaired) electrons. The molecule has 1 aliphatic heterocycles. The van der Waals surface area contributed by atoms with Gasteiger partial charge in [0.05, 0.1) is 11.7 Å². The van der Waals surface area contributed by atoms with Crippen LogP contribution in [0, 0.1) is 0 Å². The number of phenols is 1. The number of alkyl halides is 3. The van der Waals surface area contributed by atoms with Gasteiger partial charge in [-0.3, -0.25) is 14.7 Å². The Labute approximate surface area is 193 Å². The number of halogens is 3. The summed E-state index contributed by atoms with van der Waals surface area (Å²) in [5, 5.41) is 10.6. The molecule has 1 unspecified atom stereocenters. The molecule has 1 N–H and O–H groups in total. The summed E-state index contributed by atoms with van der Waals surface area (Å²) in [7, 11) is 0. The van der Waals surface area contributed by atoms with Gasteiger partial charge in [-0.1, -0.05) is 18.2 Å². The molecule has 7 nitrogen and oxygen atoms in total. The Morgan fingerprint density at radius 3 is 2.18 bits per heavy atom. The fourth-order valence-corrected chi connectivity index (χ4v) is 4.00. The summed E-state index contributed by atoms with van der Waals surface area (Å²) in [5.74, 6) is -1.11. The third kappa shape index (κ3) is 4.14. The van der Waals surface area contributed by atoms with E-state index >= 15 is 0 Å². The highest BCUT2D eigenvalue weighted by atomic mass is 19.4. The molecule has 2 heterocycles. The first-order valence-corrected chi connectivity index (χ1v) is 10.2. The summed E-state index contributed by atoms with van der Waals surface area (Å²) in [5.41, 5.74) is -0.250. The highest BCUT2D eigenvalue weighted by Crippen LogP contribution is 2.43. The van der Waals surface area contributed by atoms with Crippen LogP contribution in [0.1, 0.15) is 31.0 Å². The topological polar surface area (TPSA) is 83.0 Å². The lowest BCUT2D eigenvalue weighted by molar-refractivity contribution is -0.274. The van der Waals surface area contributed by atoms with Crippen molar-refractivity contribution in [2.24, 2.45) is 0 Å².